The first kappa shape index (κ1) is 13.9. The summed E-state index contributed by atoms with van der Waals surface area (Å²) in [5, 5.41) is 12.6. The molecule has 22 heavy (non-hydrogen) atoms. The van der Waals surface area contributed by atoms with Crippen LogP contribution in [0, 0.1) is 0 Å². The quantitative estimate of drug-likeness (QED) is 0.506. The molecule has 4 aromatic rings. The van der Waals surface area contributed by atoms with Crippen molar-refractivity contribution in [3.8, 4) is 10.8 Å². The lowest BCUT2D eigenvalue weighted by atomic mass is 10.3. The van der Waals surface area contributed by atoms with Crippen LogP contribution in [0.25, 0.3) is 21.0 Å². The molecule has 0 N–H and O–H groups in total. The van der Waals surface area contributed by atoms with Gasteiger partial charge in [-0.25, -0.2) is 9.97 Å². The molecule has 0 radical (unpaired) electrons. The summed E-state index contributed by atoms with van der Waals surface area (Å²) in [5.41, 5.74) is 0. The van der Waals surface area contributed by atoms with Crippen molar-refractivity contribution < 1.29 is 4.42 Å². The van der Waals surface area contributed by atoms with Gasteiger partial charge in [-0.1, -0.05) is 13.0 Å². The Bertz CT molecular complexity index is 913. The second-order valence-corrected chi connectivity index (χ2v) is 7.42. The highest BCUT2D eigenvalue weighted by Crippen LogP contribution is 2.35. The van der Waals surface area contributed by atoms with Gasteiger partial charge in [0, 0.05) is 10.3 Å². The van der Waals surface area contributed by atoms with Gasteiger partial charge in [-0.2, -0.15) is 0 Å². The predicted octanol–water partition coefficient (Wildman–Crippen LogP) is 4.52. The minimum Gasteiger partial charge on any atom is -0.410 e. The summed E-state index contributed by atoms with van der Waals surface area (Å²) in [6, 6.07) is 6.06. The summed E-state index contributed by atoms with van der Waals surface area (Å²) in [4.78, 5) is 11.9. The second-order valence-electron chi connectivity index (χ2n) is 4.42. The molecule has 0 spiro atoms. The molecule has 5 nitrogen and oxygen atoms in total. The molecule has 0 aliphatic heterocycles. The van der Waals surface area contributed by atoms with Crippen LogP contribution in [0.2, 0.25) is 0 Å². The number of rotatable bonds is 4. The topological polar surface area (TPSA) is 64.7 Å². The van der Waals surface area contributed by atoms with Crippen molar-refractivity contribution in [2.45, 2.75) is 23.6 Å². The van der Waals surface area contributed by atoms with Gasteiger partial charge in [-0.05, 0) is 35.7 Å². The first-order chi connectivity index (χ1) is 10.8. The highest BCUT2D eigenvalue weighted by molar-refractivity contribution is 7.99. The molecule has 4 heterocycles. The van der Waals surface area contributed by atoms with Crippen LogP contribution in [0.5, 0.6) is 0 Å². The Balaban J connectivity index is 1.67. The fourth-order valence-corrected chi connectivity index (χ4v) is 4.35. The minimum absolute atomic E-state index is 0.493. The van der Waals surface area contributed by atoms with Gasteiger partial charge >= 0.3 is 0 Å². The van der Waals surface area contributed by atoms with Crippen LogP contribution < -0.4 is 0 Å². The number of nitrogens with zero attached hydrogens (tertiary/aromatic N) is 4. The number of hydrogen-bond acceptors (Lipinski definition) is 8. The van der Waals surface area contributed by atoms with E-state index in [4.69, 9.17) is 4.42 Å². The third-order valence-corrected chi connectivity index (χ3v) is 5.92. The maximum atomic E-state index is 5.71. The predicted molar refractivity (Wildman–Crippen MR) is 88.5 cm³/mol. The van der Waals surface area contributed by atoms with E-state index in [2.05, 4.69) is 33.2 Å². The molecule has 0 atom stereocenters. The molecule has 110 valence electrons. The monoisotopic (exact) mass is 346 g/mol. The summed E-state index contributed by atoms with van der Waals surface area (Å²) >= 11 is 4.65. The maximum Gasteiger partial charge on any atom is 0.283 e. The number of fused-ring (bicyclic) bond motifs is 1. The Morgan fingerprint density at radius 3 is 3.05 bits per heavy atom. The first-order valence-electron chi connectivity index (χ1n) is 6.62. The molecule has 0 saturated carbocycles. The summed E-state index contributed by atoms with van der Waals surface area (Å²) in [5.74, 6) is 0.544. The average molecular weight is 346 g/mol. The fraction of sp³-hybridized carbons (Fsp3) is 0.143. The molecule has 8 heteroatoms. The summed E-state index contributed by atoms with van der Waals surface area (Å²) in [6.45, 7) is 2.14. The highest BCUT2D eigenvalue weighted by atomic mass is 32.2. The molecule has 0 fully saturated rings. The van der Waals surface area contributed by atoms with Crippen molar-refractivity contribution in [2.24, 2.45) is 0 Å². The zero-order valence-corrected chi connectivity index (χ0v) is 14.0. The lowest BCUT2D eigenvalue weighted by molar-refractivity contribution is 0.466. The van der Waals surface area contributed by atoms with Crippen LogP contribution in [0.3, 0.4) is 0 Å². The van der Waals surface area contributed by atoms with E-state index in [9.17, 15) is 0 Å². The van der Waals surface area contributed by atoms with Crippen molar-refractivity contribution in [3.63, 3.8) is 0 Å². The second kappa shape index (κ2) is 5.79. The normalized spacial score (nSPS) is 11.3. The molecule has 0 aliphatic carbocycles. The van der Waals surface area contributed by atoms with Gasteiger partial charge < -0.3 is 4.42 Å². The fourth-order valence-electron chi connectivity index (χ4n) is 1.97. The molecule has 0 aliphatic rings. The van der Waals surface area contributed by atoms with Crippen LogP contribution >= 0.6 is 34.4 Å². The van der Waals surface area contributed by atoms with Gasteiger partial charge in [0.15, 0.2) is 0 Å². The van der Waals surface area contributed by atoms with E-state index in [1.54, 1.807) is 29.0 Å². The highest BCUT2D eigenvalue weighted by Gasteiger charge is 2.14. The van der Waals surface area contributed by atoms with E-state index in [-0.39, 0.29) is 0 Å². The molecule has 4 rings (SSSR count). The van der Waals surface area contributed by atoms with Gasteiger partial charge in [0.05, 0.1) is 4.88 Å². The number of hydrogen-bond donors (Lipinski definition) is 0. The van der Waals surface area contributed by atoms with Crippen LogP contribution in [-0.2, 0) is 6.42 Å². The Hall–Kier alpha value is -1.77. The molecule has 0 unspecified atom stereocenters. The van der Waals surface area contributed by atoms with Crippen molar-refractivity contribution in [1.82, 2.24) is 20.2 Å². The Morgan fingerprint density at radius 1 is 1.27 bits per heavy atom. The SMILES string of the molecule is CCc1cc2c(Sc3nnc(-c4cccs4)o3)ncnc2s1. The van der Waals surface area contributed by atoms with E-state index >= 15 is 0 Å². The minimum atomic E-state index is 0.493. The zero-order valence-electron chi connectivity index (χ0n) is 11.5. The molecule has 0 aromatic carbocycles. The molecule has 0 amide bonds. The van der Waals surface area contributed by atoms with Gasteiger partial charge in [-0.3, -0.25) is 0 Å². The third kappa shape index (κ3) is 2.53. The van der Waals surface area contributed by atoms with E-state index in [0.29, 0.717) is 11.1 Å². The summed E-state index contributed by atoms with van der Waals surface area (Å²) < 4.78 is 5.71. The third-order valence-electron chi connectivity index (χ3n) is 3.01. The number of thiophene rings is 2. The Kier molecular flexibility index (Phi) is 3.65. The van der Waals surface area contributed by atoms with Crippen molar-refractivity contribution in [3.05, 3.63) is 34.8 Å². The van der Waals surface area contributed by atoms with Crippen molar-refractivity contribution in [1.29, 1.82) is 0 Å². The van der Waals surface area contributed by atoms with Gasteiger partial charge in [0.25, 0.3) is 11.1 Å². The van der Waals surface area contributed by atoms with Crippen LogP contribution in [0.1, 0.15) is 11.8 Å². The van der Waals surface area contributed by atoms with Gasteiger partial charge in [0.1, 0.15) is 16.2 Å². The van der Waals surface area contributed by atoms with E-state index in [0.717, 1.165) is 26.5 Å². The van der Waals surface area contributed by atoms with Crippen molar-refractivity contribution >= 4 is 44.7 Å². The standard InChI is InChI=1S/C14H10N4OS3/c1-2-8-6-9-12(21-8)15-7-16-13(9)22-14-18-17-11(19-14)10-4-3-5-20-10/h3-7H,2H2,1H3. The average Bonchev–Trinajstić information content (AvgIpc) is 3.27. The van der Waals surface area contributed by atoms with E-state index in [1.165, 1.54) is 16.6 Å². The lowest BCUT2D eigenvalue weighted by Crippen LogP contribution is -1.83. The van der Waals surface area contributed by atoms with Crippen LogP contribution in [0.4, 0.5) is 0 Å². The van der Waals surface area contributed by atoms with Crippen LogP contribution in [-0.4, -0.2) is 20.2 Å². The zero-order chi connectivity index (χ0) is 14.9. The molecule has 0 bridgehead atoms. The van der Waals surface area contributed by atoms with E-state index in [1.807, 2.05) is 17.5 Å². The van der Waals surface area contributed by atoms with E-state index < -0.39 is 0 Å². The molecule has 0 saturated heterocycles. The maximum absolute atomic E-state index is 5.71. The van der Waals surface area contributed by atoms with Crippen molar-refractivity contribution in [2.75, 3.05) is 0 Å². The Morgan fingerprint density at radius 2 is 2.23 bits per heavy atom. The van der Waals surface area contributed by atoms with Crippen LogP contribution in [0.15, 0.2) is 44.6 Å². The smallest absolute Gasteiger partial charge is 0.283 e. The summed E-state index contributed by atoms with van der Waals surface area (Å²) in [7, 11) is 0. The summed E-state index contributed by atoms with van der Waals surface area (Å²) in [6.07, 6.45) is 2.57. The van der Waals surface area contributed by atoms with Gasteiger partial charge in [-0.15, -0.1) is 32.9 Å². The Labute approximate surface area is 138 Å². The first-order valence-corrected chi connectivity index (χ1v) is 9.13. The van der Waals surface area contributed by atoms with Gasteiger partial charge in [0.2, 0.25) is 0 Å². The molecule has 4 aromatic heterocycles. The molecular formula is C14H10N4OS3. The molecular weight excluding hydrogens is 336 g/mol. The lowest BCUT2D eigenvalue weighted by Gasteiger charge is -1.96. The number of aryl methyl sites for hydroxylation is 1. The number of aromatic nitrogens is 4. The largest absolute Gasteiger partial charge is 0.410 e.